The highest BCUT2D eigenvalue weighted by molar-refractivity contribution is 9.08. The van der Waals surface area contributed by atoms with Crippen molar-refractivity contribution in [3.8, 4) is 0 Å². The van der Waals surface area contributed by atoms with E-state index in [-0.39, 0.29) is 50.5 Å². The second kappa shape index (κ2) is 19.9. The highest BCUT2D eigenvalue weighted by atomic mass is 79.9. The van der Waals surface area contributed by atoms with Gasteiger partial charge in [0.15, 0.2) is 0 Å². The Kier molecular flexibility index (Phi) is 16.6. The smallest absolute Gasteiger partial charge is 0.340 e. The summed E-state index contributed by atoms with van der Waals surface area (Å²) in [6.07, 6.45) is 1.11. The molecule has 8 nitrogen and oxygen atoms in total. The quantitative estimate of drug-likeness (QED) is 0.158. The van der Waals surface area contributed by atoms with Crippen LogP contribution in [-0.4, -0.2) is 56.0 Å². The van der Waals surface area contributed by atoms with E-state index in [1.807, 2.05) is 36.4 Å². The first-order chi connectivity index (χ1) is 24.3. The van der Waals surface area contributed by atoms with E-state index in [1.165, 1.54) is 31.9 Å². The van der Waals surface area contributed by atoms with Gasteiger partial charge in [-0.3, -0.25) is 9.59 Å². The molecule has 0 saturated heterocycles. The largest absolute Gasteiger partial charge is 0.465 e. The van der Waals surface area contributed by atoms with Crippen molar-refractivity contribution >= 4 is 109 Å². The Morgan fingerprint density at radius 1 is 0.731 bits per heavy atom. The number of benzene rings is 4. The van der Waals surface area contributed by atoms with Gasteiger partial charge in [0.1, 0.15) is 0 Å². The van der Waals surface area contributed by atoms with Gasteiger partial charge in [0.05, 0.1) is 45.4 Å². The van der Waals surface area contributed by atoms with Crippen LogP contribution in [0.3, 0.4) is 0 Å². The molecule has 4 aromatic rings. The molecule has 2 amide bonds. The molecular formula is C37H33BrCl6N2O6. The number of carbonyl (C=O) groups is 4. The van der Waals surface area contributed by atoms with E-state index in [2.05, 4.69) is 26.0 Å². The number of halogens is 7. The topological polar surface area (TPSA) is 102 Å². The van der Waals surface area contributed by atoms with Crippen molar-refractivity contribution in [3.05, 3.63) is 135 Å². The second-order valence-corrected chi connectivity index (χ2v) is 14.0. The summed E-state index contributed by atoms with van der Waals surface area (Å²) in [7, 11) is 2.51. The molecule has 0 aromatic heterocycles. The second-order valence-electron chi connectivity index (χ2n) is 11.0. The molecule has 0 spiro atoms. The molecule has 52 heavy (non-hydrogen) atoms. The van der Waals surface area contributed by atoms with Gasteiger partial charge in [-0.2, -0.15) is 0 Å². The fraction of sp³-hybridized carbons (Fsp3) is 0.243. The lowest BCUT2D eigenvalue weighted by molar-refractivity contribution is 0.0591. The summed E-state index contributed by atoms with van der Waals surface area (Å²) >= 11 is 39.4. The molecule has 1 N–H and O–H groups in total. The number of methoxy groups -OCH3 is 2. The number of nitrogens with zero attached hydrogens (tertiary/aromatic N) is 1. The molecular weight excluding hydrogens is 861 g/mol. The molecule has 0 unspecified atom stereocenters. The lowest BCUT2D eigenvalue weighted by atomic mass is 9.95. The van der Waals surface area contributed by atoms with Crippen LogP contribution in [0.15, 0.2) is 60.7 Å². The molecule has 2 aliphatic rings. The monoisotopic (exact) mass is 890 g/mol. The summed E-state index contributed by atoms with van der Waals surface area (Å²) in [6, 6.07) is 18.0. The summed E-state index contributed by atoms with van der Waals surface area (Å²) in [5, 5.41) is 5.64. The first-order valence-corrected chi connectivity index (χ1v) is 18.5. The summed E-state index contributed by atoms with van der Waals surface area (Å²) < 4.78 is 9.32. The van der Waals surface area contributed by atoms with E-state index in [4.69, 9.17) is 74.3 Å². The zero-order valence-electron chi connectivity index (χ0n) is 27.1. The van der Waals surface area contributed by atoms with Gasteiger partial charge in [-0.15, -0.1) is 0 Å². The van der Waals surface area contributed by atoms with Crippen molar-refractivity contribution in [2.24, 2.45) is 0 Å². The van der Waals surface area contributed by atoms with Gasteiger partial charge in [-0.1, -0.05) is 117 Å². The Labute approximate surface area is 340 Å². The maximum absolute atomic E-state index is 12.8. The first-order valence-electron chi connectivity index (χ1n) is 15.1. The van der Waals surface area contributed by atoms with Gasteiger partial charge in [-0.05, 0) is 71.5 Å². The van der Waals surface area contributed by atoms with Gasteiger partial charge < -0.3 is 19.7 Å². The van der Waals surface area contributed by atoms with Crippen LogP contribution in [0.2, 0.25) is 30.1 Å². The Balaban J connectivity index is 0.000000233. The van der Waals surface area contributed by atoms with Crippen LogP contribution >= 0.6 is 85.5 Å². The van der Waals surface area contributed by atoms with Crippen molar-refractivity contribution in [1.29, 1.82) is 0 Å². The molecule has 0 atom stereocenters. The van der Waals surface area contributed by atoms with E-state index >= 15 is 0 Å². The first kappa shape index (κ1) is 43.4. The van der Waals surface area contributed by atoms with E-state index in [9.17, 15) is 19.2 Å². The summed E-state index contributed by atoms with van der Waals surface area (Å²) in [5.74, 6) is -1.62. The van der Waals surface area contributed by atoms with Gasteiger partial charge in [0.25, 0.3) is 11.8 Å². The number of hydrogen-bond acceptors (Lipinski definition) is 6. The third kappa shape index (κ3) is 10.3. The van der Waals surface area contributed by atoms with Crippen molar-refractivity contribution in [2.45, 2.75) is 32.1 Å². The van der Waals surface area contributed by atoms with Crippen molar-refractivity contribution in [3.63, 3.8) is 0 Å². The lowest BCUT2D eigenvalue weighted by Crippen LogP contribution is -2.37. The SMILES string of the molecule is C.COC(=O)c1c(Cl)cc2c(c1Cl)CCN(Cc1ccc(Cl)cc1)C2=O.COC(=O)c1c(Cl)cc2c(c1Cl)CCNC2=O.Clc1ccc(CBr)cc1. The maximum atomic E-state index is 12.8. The number of hydrogen-bond donors (Lipinski definition) is 1. The van der Waals surface area contributed by atoms with Crippen LogP contribution in [0.25, 0.3) is 0 Å². The van der Waals surface area contributed by atoms with Gasteiger partial charge in [0.2, 0.25) is 0 Å². The Hall–Kier alpha value is -3.02. The molecule has 0 bridgehead atoms. The number of carbonyl (C=O) groups excluding carboxylic acids is 4. The Morgan fingerprint density at radius 3 is 1.67 bits per heavy atom. The number of rotatable bonds is 5. The fourth-order valence-corrected chi connectivity index (χ4v) is 7.26. The van der Waals surface area contributed by atoms with Gasteiger partial charge in [-0.25, -0.2) is 9.59 Å². The standard InChI is InChI=1S/C18H14Cl3NO3.C11H9Cl2NO3.C7H6BrCl.CH4/c1-25-18(24)15-14(20)8-13-12(16(15)21)6-7-22(17(13)23)9-10-2-4-11(19)5-3-10;1-17-11(16)8-7(12)4-6-5(9(8)13)2-3-14-10(6)15;8-5-6-1-3-7(9)4-2-6;/h2-5,8H,6-7,9H2,1H3;4H,2-3H2,1H3,(H,14,15);1-4H,5H2;1H4. The van der Waals surface area contributed by atoms with Gasteiger partial charge >= 0.3 is 11.9 Å². The number of esters is 2. The fourth-order valence-electron chi connectivity index (χ4n) is 5.23. The molecule has 0 fully saturated rings. The van der Waals surface area contributed by atoms with Crippen LogP contribution in [0, 0.1) is 0 Å². The third-order valence-electron chi connectivity index (χ3n) is 7.83. The van der Waals surface area contributed by atoms with Crippen LogP contribution in [0.4, 0.5) is 0 Å². The van der Waals surface area contributed by atoms with Crippen molar-refractivity contribution in [1.82, 2.24) is 10.2 Å². The Morgan fingerprint density at radius 2 is 1.19 bits per heavy atom. The summed E-state index contributed by atoms with van der Waals surface area (Å²) in [6.45, 7) is 1.45. The number of fused-ring (bicyclic) bond motifs is 2. The molecule has 0 saturated carbocycles. The Bertz CT molecular complexity index is 1960. The lowest BCUT2D eigenvalue weighted by Gasteiger charge is -2.30. The third-order valence-corrected chi connectivity index (χ3v) is 10.4. The minimum absolute atomic E-state index is 0. The number of nitrogens with one attached hydrogen (secondary N) is 1. The maximum Gasteiger partial charge on any atom is 0.340 e. The molecule has 0 radical (unpaired) electrons. The highest BCUT2D eigenvalue weighted by Gasteiger charge is 2.31. The number of amides is 2. The average molecular weight is 894 g/mol. The minimum Gasteiger partial charge on any atom is -0.465 e. The van der Waals surface area contributed by atoms with Crippen LogP contribution in [0.5, 0.6) is 0 Å². The molecule has 15 heteroatoms. The zero-order valence-corrected chi connectivity index (χ0v) is 33.2. The molecule has 0 aliphatic carbocycles. The summed E-state index contributed by atoms with van der Waals surface area (Å²) in [5.41, 5.74) is 4.54. The van der Waals surface area contributed by atoms with E-state index < -0.39 is 11.9 Å². The van der Waals surface area contributed by atoms with Crippen LogP contribution in [0.1, 0.15) is 71.1 Å². The highest BCUT2D eigenvalue weighted by Crippen LogP contribution is 2.36. The predicted octanol–water partition coefficient (Wildman–Crippen LogP) is 10.6. The number of ether oxygens (including phenoxy) is 2. The normalized spacial score (nSPS) is 12.8. The predicted molar refractivity (Wildman–Crippen MR) is 212 cm³/mol. The minimum atomic E-state index is -0.617. The van der Waals surface area contributed by atoms with Crippen molar-refractivity contribution < 1.29 is 28.7 Å². The van der Waals surface area contributed by atoms with E-state index in [1.54, 1.807) is 17.0 Å². The average Bonchev–Trinajstić information content (AvgIpc) is 3.12. The summed E-state index contributed by atoms with van der Waals surface area (Å²) in [4.78, 5) is 49.5. The van der Waals surface area contributed by atoms with Gasteiger partial charge in [0, 0.05) is 46.1 Å². The zero-order chi connectivity index (χ0) is 37.4. The van der Waals surface area contributed by atoms with E-state index in [0.717, 1.165) is 15.9 Å². The molecule has 6 rings (SSSR count). The van der Waals surface area contributed by atoms with Crippen molar-refractivity contribution in [2.75, 3.05) is 27.3 Å². The molecule has 276 valence electrons. The molecule has 2 aliphatic heterocycles. The molecule has 4 aromatic carbocycles. The molecule has 2 heterocycles. The van der Waals surface area contributed by atoms with Crippen LogP contribution < -0.4 is 5.32 Å². The number of alkyl halides is 1. The van der Waals surface area contributed by atoms with E-state index in [0.29, 0.717) is 59.8 Å². The van der Waals surface area contributed by atoms with Crippen LogP contribution in [-0.2, 0) is 34.2 Å².